The summed E-state index contributed by atoms with van der Waals surface area (Å²) in [5, 5.41) is 0. The molecule has 3 heteroatoms. The van der Waals surface area contributed by atoms with Gasteiger partial charge in [-0.05, 0) is 48.9 Å². The molecule has 0 saturated heterocycles. The van der Waals surface area contributed by atoms with Crippen LogP contribution in [0.3, 0.4) is 0 Å². The van der Waals surface area contributed by atoms with Gasteiger partial charge in [-0.3, -0.25) is 4.79 Å². The third-order valence-corrected chi connectivity index (χ3v) is 4.56. The Hall–Kier alpha value is -1.87. The average molecular weight is 296 g/mol. The van der Waals surface area contributed by atoms with Gasteiger partial charge >= 0.3 is 0 Å². The molecule has 0 spiro atoms. The van der Waals surface area contributed by atoms with E-state index in [9.17, 15) is 4.79 Å². The number of nitrogens with zero attached hydrogens (tertiary/aromatic N) is 1. The van der Waals surface area contributed by atoms with E-state index in [1.807, 2.05) is 35.8 Å². The lowest BCUT2D eigenvalue weighted by Gasteiger charge is -2.16. The van der Waals surface area contributed by atoms with Crippen LogP contribution < -0.4 is 11.3 Å². The van der Waals surface area contributed by atoms with Gasteiger partial charge < -0.3 is 10.3 Å². The summed E-state index contributed by atoms with van der Waals surface area (Å²) in [6, 6.07) is 12.2. The van der Waals surface area contributed by atoms with Gasteiger partial charge in [-0.2, -0.15) is 0 Å². The second-order valence-corrected chi connectivity index (χ2v) is 6.64. The molecule has 1 heterocycles. The molecule has 1 aromatic carbocycles. The van der Waals surface area contributed by atoms with Crippen LogP contribution in [0.2, 0.25) is 0 Å². The predicted molar refractivity (Wildman–Crippen MR) is 90.3 cm³/mol. The SMILES string of the molecule is Cc1ccc(C(N)c2ccc(C(C)C)cc2)c(=O)n1C1CC1. The molecule has 3 nitrogen and oxygen atoms in total. The van der Waals surface area contributed by atoms with E-state index in [0.717, 1.165) is 24.1 Å². The minimum Gasteiger partial charge on any atom is -0.320 e. The largest absolute Gasteiger partial charge is 0.320 e. The minimum absolute atomic E-state index is 0.0722. The maximum Gasteiger partial charge on any atom is 0.256 e. The third-order valence-electron chi connectivity index (χ3n) is 4.56. The number of benzene rings is 1. The van der Waals surface area contributed by atoms with Gasteiger partial charge in [-0.15, -0.1) is 0 Å². The molecule has 0 bridgehead atoms. The summed E-state index contributed by atoms with van der Waals surface area (Å²) in [5.41, 5.74) is 10.4. The molecule has 0 amide bonds. The van der Waals surface area contributed by atoms with E-state index in [2.05, 4.69) is 26.0 Å². The van der Waals surface area contributed by atoms with Gasteiger partial charge in [0, 0.05) is 17.3 Å². The standard InChI is InChI=1S/C19H24N2O/c1-12(2)14-5-7-15(8-6-14)18(20)17-11-4-13(3)21(19(17)22)16-9-10-16/h4-8,11-12,16,18H,9-10,20H2,1-3H3. The van der Waals surface area contributed by atoms with Crippen molar-refractivity contribution in [2.24, 2.45) is 5.73 Å². The number of aryl methyl sites for hydroxylation is 1. The summed E-state index contributed by atoms with van der Waals surface area (Å²) < 4.78 is 1.91. The van der Waals surface area contributed by atoms with Gasteiger partial charge in [-0.25, -0.2) is 0 Å². The number of rotatable bonds is 4. The molecular weight excluding hydrogens is 272 g/mol. The summed E-state index contributed by atoms with van der Waals surface area (Å²) in [4.78, 5) is 12.7. The van der Waals surface area contributed by atoms with E-state index < -0.39 is 0 Å². The summed E-state index contributed by atoms with van der Waals surface area (Å²) in [6.07, 6.45) is 2.20. The van der Waals surface area contributed by atoms with Crippen molar-refractivity contribution in [3.05, 3.63) is 69.1 Å². The molecule has 116 valence electrons. The molecule has 0 radical (unpaired) electrons. The Morgan fingerprint density at radius 2 is 1.64 bits per heavy atom. The fourth-order valence-electron chi connectivity index (χ4n) is 2.95. The van der Waals surface area contributed by atoms with Gasteiger partial charge in [0.2, 0.25) is 0 Å². The summed E-state index contributed by atoms with van der Waals surface area (Å²) >= 11 is 0. The van der Waals surface area contributed by atoms with Crippen LogP contribution in [0.4, 0.5) is 0 Å². The predicted octanol–water partition coefficient (Wildman–Crippen LogP) is 3.66. The Labute approximate surface area is 131 Å². The van der Waals surface area contributed by atoms with Crippen LogP contribution in [0.5, 0.6) is 0 Å². The van der Waals surface area contributed by atoms with E-state index >= 15 is 0 Å². The fraction of sp³-hybridized carbons (Fsp3) is 0.421. The Morgan fingerprint density at radius 3 is 2.18 bits per heavy atom. The number of aromatic nitrogens is 1. The number of hydrogen-bond donors (Lipinski definition) is 1. The molecule has 1 atom stereocenters. The highest BCUT2D eigenvalue weighted by atomic mass is 16.1. The lowest BCUT2D eigenvalue weighted by atomic mass is 9.96. The van der Waals surface area contributed by atoms with Gasteiger partial charge in [0.05, 0.1) is 6.04 Å². The molecule has 1 unspecified atom stereocenters. The zero-order valence-corrected chi connectivity index (χ0v) is 13.5. The van der Waals surface area contributed by atoms with Gasteiger partial charge in [0.15, 0.2) is 0 Å². The first-order valence-electron chi connectivity index (χ1n) is 8.06. The molecule has 1 aromatic heterocycles. The molecule has 0 aliphatic heterocycles. The second-order valence-electron chi connectivity index (χ2n) is 6.64. The summed E-state index contributed by atoms with van der Waals surface area (Å²) in [5.74, 6) is 0.497. The lowest BCUT2D eigenvalue weighted by molar-refractivity contribution is 0.662. The quantitative estimate of drug-likeness (QED) is 0.936. The normalized spacial score (nSPS) is 16.0. The van der Waals surface area contributed by atoms with Crippen molar-refractivity contribution in [2.75, 3.05) is 0 Å². The van der Waals surface area contributed by atoms with E-state index in [-0.39, 0.29) is 11.6 Å². The first kappa shape index (κ1) is 15.0. The summed E-state index contributed by atoms with van der Waals surface area (Å²) in [7, 11) is 0. The Balaban J connectivity index is 1.96. The lowest BCUT2D eigenvalue weighted by Crippen LogP contribution is -2.29. The van der Waals surface area contributed by atoms with Gasteiger partial charge in [0.25, 0.3) is 5.56 Å². The molecule has 1 fully saturated rings. The molecular formula is C19H24N2O. The Bertz CT molecular complexity index is 724. The number of hydrogen-bond acceptors (Lipinski definition) is 2. The third kappa shape index (κ3) is 2.73. The van der Waals surface area contributed by atoms with Crippen LogP contribution in [0.25, 0.3) is 0 Å². The zero-order valence-electron chi connectivity index (χ0n) is 13.5. The first-order valence-corrected chi connectivity index (χ1v) is 8.06. The monoisotopic (exact) mass is 296 g/mol. The van der Waals surface area contributed by atoms with Crippen molar-refractivity contribution in [2.45, 2.75) is 51.6 Å². The molecule has 1 saturated carbocycles. The average Bonchev–Trinajstić information content (AvgIpc) is 3.31. The van der Waals surface area contributed by atoms with Crippen molar-refractivity contribution in [1.29, 1.82) is 0 Å². The molecule has 2 aromatic rings. The van der Waals surface area contributed by atoms with Crippen molar-refractivity contribution < 1.29 is 0 Å². The fourth-order valence-corrected chi connectivity index (χ4v) is 2.95. The van der Waals surface area contributed by atoms with Crippen molar-refractivity contribution in [3.63, 3.8) is 0 Å². The number of pyridine rings is 1. The van der Waals surface area contributed by atoms with E-state index in [0.29, 0.717) is 17.5 Å². The molecule has 2 N–H and O–H groups in total. The van der Waals surface area contributed by atoms with Crippen LogP contribution in [-0.2, 0) is 0 Å². The topological polar surface area (TPSA) is 48.0 Å². The molecule has 22 heavy (non-hydrogen) atoms. The van der Waals surface area contributed by atoms with Crippen LogP contribution in [0.15, 0.2) is 41.2 Å². The Kier molecular flexibility index (Phi) is 3.92. The van der Waals surface area contributed by atoms with Crippen molar-refractivity contribution >= 4 is 0 Å². The second kappa shape index (κ2) is 5.73. The molecule has 1 aliphatic carbocycles. The zero-order chi connectivity index (χ0) is 15.9. The Morgan fingerprint density at radius 1 is 1.05 bits per heavy atom. The minimum atomic E-state index is -0.362. The van der Waals surface area contributed by atoms with Gasteiger partial charge in [0.1, 0.15) is 0 Å². The molecule has 3 rings (SSSR count). The maximum atomic E-state index is 12.7. The highest BCUT2D eigenvalue weighted by Gasteiger charge is 2.27. The van der Waals surface area contributed by atoms with Crippen molar-refractivity contribution in [1.82, 2.24) is 4.57 Å². The van der Waals surface area contributed by atoms with E-state index in [4.69, 9.17) is 5.73 Å². The highest BCUT2D eigenvalue weighted by Crippen LogP contribution is 2.34. The van der Waals surface area contributed by atoms with Gasteiger partial charge in [-0.1, -0.05) is 38.1 Å². The smallest absolute Gasteiger partial charge is 0.256 e. The van der Waals surface area contributed by atoms with E-state index in [1.165, 1.54) is 5.56 Å². The van der Waals surface area contributed by atoms with Crippen molar-refractivity contribution in [3.8, 4) is 0 Å². The summed E-state index contributed by atoms with van der Waals surface area (Å²) in [6.45, 7) is 6.33. The first-order chi connectivity index (χ1) is 10.5. The van der Waals surface area contributed by atoms with Crippen LogP contribution in [0, 0.1) is 6.92 Å². The maximum absolute atomic E-state index is 12.7. The van der Waals surface area contributed by atoms with Crippen LogP contribution >= 0.6 is 0 Å². The van der Waals surface area contributed by atoms with Crippen LogP contribution in [0.1, 0.15) is 67.1 Å². The van der Waals surface area contributed by atoms with Crippen LogP contribution in [-0.4, -0.2) is 4.57 Å². The highest BCUT2D eigenvalue weighted by molar-refractivity contribution is 5.33. The molecule has 1 aliphatic rings. The number of nitrogens with two attached hydrogens (primary N) is 1. The van der Waals surface area contributed by atoms with E-state index in [1.54, 1.807) is 0 Å².